The number of piperidine rings is 2. The molecule has 5 rings (SSSR count). The number of alkyl halides is 2. The summed E-state index contributed by atoms with van der Waals surface area (Å²) < 4.78 is 39.3. The maximum atomic E-state index is 13.1. The predicted molar refractivity (Wildman–Crippen MR) is 146 cm³/mol. The van der Waals surface area contributed by atoms with E-state index in [1.165, 1.54) is 4.90 Å². The molecule has 202 valence electrons. The van der Waals surface area contributed by atoms with Crippen LogP contribution in [0, 0.1) is 8.99 Å². The van der Waals surface area contributed by atoms with Crippen molar-refractivity contribution in [3.63, 3.8) is 0 Å². The molecule has 1 spiro atoms. The summed E-state index contributed by atoms with van der Waals surface area (Å²) in [4.78, 5) is 26.6. The first-order valence-corrected chi connectivity index (χ1v) is 14.2. The Morgan fingerprint density at radius 1 is 1.24 bits per heavy atom. The first-order valence-electron chi connectivity index (χ1n) is 12.3. The van der Waals surface area contributed by atoms with Crippen LogP contribution < -0.4 is 14.4 Å². The molecule has 0 radical (unpaired) electrons. The van der Waals surface area contributed by atoms with Gasteiger partial charge < -0.3 is 29.3 Å². The van der Waals surface area contributed by atoms with E-state index in [2.05, 4.69) is 60.4 Å². The summed E-state index contributed by atoms with van der Waals surface area (Å²) >= 11 is 5.64. The average molecular weight is 696 g/mol. The number of ether oxygens (including phenoxy) is 2. The van der Waals surface area contributed by atoms with Crippen LogP contribution in [0.4, 0.5) is 19.4 Å². The summed E-state index contributed by atoms with van der Waals surface area (Å²) in [5, 5.41) is 9.96. The molecular formula is C24H29BrF2IN5O4. The number of rotatable bonds is 6. The maximum Gasteiger partial charge on any atom is 0.407 e. The molecule has 4 heterocycles. The number of aromatic nitrogens is 2. The minimum Gasteiger partial charge on any atom is -0.484 e. The Hall–Kier alpha value is -1.74. The number of carboxylic acid groups (broad SMARTS) is 1. The molecule has 1 amide bonds. The third-order valence-electron chi connectivity index (χ3n) is 7.54. The lowest BCUT2D eigenvalue weighted by Crippen LogP contribution is -2.61. The van der Waals surface area contributed by atoms with Gasteiger partial charge in [0.25, 0.3) is 6.43 Å². The van der Waals surface area contributed by atoms with Gasteiger partial charge in [0.15, 0.2) is 5.75 Å². The lowest BCUT2D eigenvalue weighted by molar-refractivity contribution is -0.00643. The highest BCUT2D eigenvalue weighted by molar-refractivity contribution is 14.1. The molecule has 3 saturated heterocycles. The van der Waals surface area contributed by atoms with Gasteiger partial charge >= 0.3 is 12.1 Å². The van der Waals surface area contributed by atoms with E-state index in [0.717, 1.165) is 42.3 Å². The second-order valence-corrected chi connectivity index (χ2v) is 12.1. The molecule has 3 aliphatic rings. The number of hydrogen-bond acceptors (Lipinski definition) is 7. The molecule has 0 bridgehead atoms. The number of hydrogen-bond donors (Lipinski definition) is 1. The van der Waals surface area contributed by atoms with Gasteiger partial charge in [-0.1, -0.05) is 0 Å². The molecule has 0 atom stereocenters. The summed E-state index contributed by atoms with van der Waals surface area (Å²) in [6, 6.07) is 2.15. The van der Waals surface area contributed by atoms with Crippen molar-refractivity contribution in [2.24, 2.45) is 5.41 Å². The second kappa shape index (κ2) is 10.8. The Labute approximate surface area is 235 Å². The zero-order valence-electron chi connectivity index (χ0n) is 20.4. The van der Waals surface area contributed by atoms with Gasteiger partial charge in [0.05, 0.1) is 4.47 Å². The molecule has 1 aromatic carbocycles. The number of nitrogens with zero attached hydrogens (tertiary/aromatic N) is 5. The van der Waals surface area contributed by atoms with Gasteiger partial charge in [-0.05, 0) is 77.3 Å². The van der Waals surface area contributed by atoms with E-state index in [9.17, 15) is 18.7 Å². The molecule has 37 heavy (non-hydrogen) atoms. The summed E-state index contributed by atoms with van der Waals surface area (Å²) in [6.07, 6.45) is -0.133. The highest BCUT2D eigenvalue weighted by Crippen LogP contribution is 2.44. The first kappa shape index (κ1) is 26.9. The maximum absolute atomic E-state index is 13.1. The van der Waals surface area contributed by atoms with Crippen molar-refractivity contribution in [1.29, 1.82) is 0 Å². The smallest absolute Gasteiger partial charge is 0.407 e. The number of fused-ring (bicyclic) bond motifs is 1. The lowest BCUT2D eigenvalue weighted by Gasteiger charge is -2.53. The Morgan fingerprint density at radius 2 is 1.92 bits per heavy atom. The molecule has 2 aromatic rings. The summed E-state index contributed by atoms with van der Waals surface area (Å²) in [7, 11) is 2.08. The molecule has 0 saturated carbocycles. The van der Waals surface area contributed by atoms with Gasteiger partial charge in [0.2, 0.25) is 0 Å². The Kier molecular flexibility index (Phi) is 7.83. The highest BCUT2D eigenvalue weighted by atomic mass is 127. The Balaban J connectivity index is 1.48. The van der Waals surface area contributed by atoms with E-state index in [0.29, 0.717) is 47.4 Å². The van der Waals surface area contributed by atoms with Crippen LogP contribution in [0.15, 0.2) is 10.5 Å². The SMILES string of the molecule is CN1CCC(Oc2nc(N3CCC4(CC3)CN(C(=O)O)C4)c3cc(I)c(Br)c(OCC(F)F)c3n2)CC1. The van der Waals surface area contributed by atoms with Gasteiger partial charge in [-0.15, -0.1) is 0 Å². The number of likely N-dealkylation sites (tertiary alicyclic amines) is 2. The molecule has 13 heteroatoms. The second-order valence-electron chi connectivity index (χ2n) is 10.2. The van der Waals surface area contributed by atoms with Crippen LogP contribution >= 0.6 is 38.5 Å². The molecule has 0 aliphatic carbocycles. The van der Waals surface area contributed by atoms with Crippen molar-refractivity contribution in [3.05, 3.63) is 14.1 Å². The van der Waals surface area contributed by atoms with Crippen LogP contribution in [0.25, 0.3) is 10.9 Å². The van der Waals surface area contributed by atoms with Gasteiger partial charge in [-0.25, -0.2) is 13.6 Å². The van der Waals surface area contributed by atoms with Crippen molar-refractivity contribution in [3.8, 4) is 11.8 Å². The minimum absolute atomic E-state index is 0.00810. The number of halogens is 4. The van der Waals surface area contributed by atoms with Crippen molar-refractivity contribution >= 4 is 61.3 Å². The molecule has 1 N–H and O–H groups in total. The number of anilines is 1. The molecule has 0 unspecified atom stereocenters. The largest absolute Gasteiger partial charge is 0.484 e. The molecular weight excluding hydrogens is 667 g/mol. The van der Waals surface area contributed by atoms with E-state index in [4.69, 9.17) is 14.5 Å². The highest BCUT2D eigenvalue weighted by Gasteiger charge is 2.47. The molecule has 3 aliphatic heterocycles. The Bertz CT molecular complexity index is 1170. The zero-order chi connectivity index (χ0) is 26.3. The molecule has 3 fully saturated rings. The van der Waals surface area contributed by atoms with Crippen LogP contribution in [-0.4, -0.2) is 96.4 Å². The van der Waals surface area contributed by atoms with E-state index in [1.54, 1.807) is 0 Å². The van der Waals surface area contributed by atoms with E-state index >= 15 is 0 Å². The van der Waals surface area contributed by atoms with Crippen LogP contribution in [-0.2, 0) is 0 Å². The van der Waals surface area contributed by atoms with Crippen LogP contribution in [0.5, 0.6) is 11.8 Å². The number of benzene rings is 1. The standard InChI is InChI=1S/C24H29BrF2IN5O4/c1-31-6-2-14(3-7-31)37-22-29-19-15(10-16(28)18(25)20(19)36-11-17(26)27)21(30-22)32-8-4-24(5-9-32)12-33(13-24)23(34)35/h10,14,17H,2-9,11-13H2,1H3,(H,34,35). The van der Waals surface area contributed by atoms with Crippen molar-refractivity contribution < 1.29 is 28.2 Å². The van der Waals surface area contributed by atoms with Crippen molar-refractivity contribution in [2.45, 2.75) is 38.2 Å². The van der Waals surface area contributed by atoms with E-state index in [-0.39, 0.29) is 23.3 Å². The molecule has 1 aromatic heterocycles. The number of carbonyl (C=O) groups is 1. The fourth-order valence-corrected chi connectivity index (χ4v) is 6.35. The summed E-state index contributed by atoms with van der Waals surface area (Å²) in [5.74, 6) is 0.938. The van der Waals surface area contributed by atoms with Crippen molar-refractivity contribution in [1.82, 2.24) is 19.8 Å². The zero-order valence-corrected chi connectivity index (χ0v) is 24.2. The lowest BCUT2D eigenvalue weighted by atomic mass is 9.72. The topological polar surface area (TPSA) is 91.3 Å². The minimum atomic E-state index is -2.62. The van der Waals surface area contributed by atoms with Crippen LogP contribution in [0.2, 0.25) is 0 Å². The van der Waals surface area contributed by atoms with Gasteiger partial charge in [-0.3, -0.25) is 0 Å². The molecule has 9 nitrogen and oxygen atoms in total. The predicted octanol–water partition coefficient (Wildman–Crippen LogP) is 4.69. The van der Waals surface area contributed by atoms with Crippen LogP contribution in [0.1, 0.15) is 25.7 Å². The van der Waals surface area contributed by atoms with Gasteiger partial charge in [0, 0.05) is 53.6 Å². The van der Waals surface area contributed by atoms with Gasteiger partial charge in [-0.2, -0.15) is 9.97 Å². The van der Waals surface area contributed by atoms with Crippen LogP contribution in [0.3, 0.4) is 0 Å². The average Bonchev–Trinajstić information content (AvgIpc) is 2.84. The van der Waals surface area contributed by atoms with E-state index in [1.807, 2.05) is 6.07 Å². The normalized spacial score (nSPS) is 20.5. The fraction of sp³-hybridized carbons (Fsp3) is 0.625. The third-order valence-corrected chi connectivity index (χ3v) is 9.92. The third kappa shape index (κ3) is 5.68. The quantitative estimate of drug-likeness (QED) is 0.436. The number of amides is 1. The summed E-state index contributed by atoms with van der Waals surface area (Å²) in [5.41, 5.74) is 0.440. The fourth-order valence-electron chi connectivity index (χ4n) is 5.38. The first-order chi connectivity index (χ1) is 17.6. The van der Waals surface area contributed by atoms with Gasteiger partial charge in [0.1, 0.15) is 24.0 Å². The Morgan fingerprint density at radius 3 is 2.54 bits per heavy atom. The van der Waals surface area contributed by atoms with Crippen molar-refractivity contribution in [2.75, 3.05) is 57.8 Å². The summed E-state index contributed by atoms with van der Waals surface area (Å²) in [6.45, 7) is 3.60. The monoisotopic (exact) mass is 695 g/mol. The van der Waals surface area contributed by atoms with E-state index < -0.39 is 19.1 Å².